The fourth-order valence-corrected chi connectivity index (χ4v) is 3.40. The van der Waals surface area contributed by atoms with Gasteiger partial charge in [-0.25, -0.2) is 0 Å². The normalized spacial score (nSPS) is 13.2. The number of hydrogen-bond donors (Lipinski definition) is 1. The van der Waals surface area contributed by atoms with Gasteiger partial charge in [-0.1, -0.05) is 29.8 Å². The first-order valence-corrected chi connectivity index (χ1v) is 10.1. The molecule has 0 radical (unpaired) electrons. The molecular weight excluding hydrogens is 392 g/mol. The van der Waals surface area contributed by atoms with Gasteiger partial charge in [-0.2, -0.15) is 0 Å². The first kappa shape index (κ1) is 21.0. The summed E-state index contributed by atoms with van der Waals surface area (Å²) in [5.41, 5.74) is 1.31. The Balaban J connectivity index is 1.55. The number of nitrogens with zero attached hydrogens (tertiary/aromatic N) is 1. The van der Waals surface area contributed by atoms with Crippen molar-refractivity contribution in [3.8, 4) is 11.5 Å². The summed E-state index contributed by atoms with van der Waals surface area (Å²) in [7, 11) is 1.52. The maximum Gasteiger partial charge on any atom is 0.251 e. The van der Waals surface area contributed by atoms with Crippen LogP contribution < -0.4 is 14.8 Å². The van der Waals surface area contributed by atoms with E-state index in [0.717, 1.165) is 31.5 Å². The van der Waals surface area contributed by atoms with E-state index in [9.17, 15) is 9.59 Å². The number of likely N-dealkylation sites (tertiary alicyclic amines) is 1. The largest absolute Gasteiger partial charge is 0.493 e. The molecule has 0 spiro atoms. The summed E-state index contributed by atoms with van der Waals surface area (Å²) in [5.74, 6) is 0.810. The van der Waals surface area contributed by atoms with Gasteiger partial charge in [0, 0.05) is 42.2 Å². The maximum absolute atomic E-state index is 12.4. The first-order valence-electron chi connectivity index (χ1n) is 9.68. The van der Waals surface area contributed by atoms with Crippen LogP contribution >= 0.6 is 11.6 Å². The van der Waals surface area contributed by atoms with E-state index in [1.165, 1.54) is 7.11 Å². The van der Waals surface area contributed by atoms with Crippen LogP contribution in [0.5, 0.6) is 11.5 Å². The Morgan fingerprint density at radius 3 is 2.59 bits per heavy atom. The highest BCUT2D eigenvalue weighted by Crippen LogP contribution is 2.29. The van der Waals surface area contributed by atoms with Gasteiger partial charge in [0.15, 0.2) is 11.5 Å². The number of ether oxygens (including phenoxy) is 2. The van der Waals surface area contributed by atoms with Crippen LogP contribution in [0.1, 0.15) is 35.2 Å². The highest BCUT2D eigenvalue weighted by atomic mass is 35.5. The van der Waals surface area contributed by atoms with Crippen molar-refractivity contribution in [1.82, 2.24) is 10.2 Å². The lowest BCUT2D eigenvalue weighted by molar-refractivity contribution is -0.129. The highest BCUT2D eigenvalue weighted by Gasteiger charge is 2.18. The van der Waals surface area contributed by atoms with Crippen LogP contribution in [0.3, 0.4) is 0 Å². The van der Waals surface area contributed by atoms with E-state index < -0.39 is 0 Å². The number of carbonyl (C=O) groups excluding carboxylic acids is 2. The molecule has 0 unspecified atom stereocenters. The second kappa shape index (κ2) is 10.2. The van der Waals surface area contributed by atoms with Crippen LogP contribution in [0.4, 0.5) is 0 Å². The quantitative estimate of drug-likeness (QED) is 0.713. The Bertz CT molecular complexity index is 866. The summed E-state index contributed by atoms with van der Waals surface area (Å²) in [6, 6.07) is 12.4. The zero-order chi connectivity index (χ0) is 20.6. The van der Waals surface area contributed by atoms with Gasteiger partial charge in [-0.05, 0) is 37.1 Å². The minimum absolute atomic E-state index is 0.0868. The Morgan fingerprint density at radius 2 is 1.86 bits per heavy atom. The average Bonchev–Trinajstić information content (AvgIpc) is 3.28. The van der Waals surface area contributed by atoms with Gasteiger partial charge in [0.1, 0.15) is 6.61 Å². The molecule has 0 aliphatic carbocycles. The molecule has 1 heterocycles. The number of rotatable bonds is 8. The lowest BCUT2D eigenvalue weighted by Crippen LogP contribution is -2.32. The maximum atomic E-state index is 12.4. The summed E-state index contributed by atoms with van der Waals surface area (Å²) in [6.07, 6.45) is 2.42. The van der Waals surface area contributed by atoms with Crippen molar-refractivity contribution in [2.75, 3.05) is 26.7 Å². The van der Waals surface area contributed by atoms with Crippen molar-refractivity contribution in [3.63, 3.8) is 0 Å². The van der Waals surface area contributed by atoms with Crippen LogP contribution in [0.2, 0.25) is 5.02 Å². The van der Waals surface area contributed by atoms with E-state index in [2.05, 4.69) is 5.32 Å². The van der Waals surface area contributed by atoms with Gasteiger partial charge >= 0.3 is 0 Å². The smallest absolute Gasteiger partial charge is 0.251 e. The molecule has 0 saturated carbocycles. The minimum atomic E-state index is -0.254. The van der Waals surface area contributed by atoms with Crippen molar-refractivity contribution in [2.45, 2.75) is 25.9 Å². The van der Waals surface area contributed by atoms with E-state index in [1.807, 2.05) is 23.1 Å². The van der Waals surface area contributed by atoms with Crippen molar-refractivity contribution >= 4 is 23.4 Å². The van der Waals surface area contributed by atoms with Crippen LogP contribution in [-0.2, 0) is 11.4 Å². The van der Waals surface area contributed by atoms with Crippen LogP contribution in [0.25, 0.3) is 0 Å². The monoisotopic (exact) mass is 416 g/mol. The van der Waals surface area contributed by atoms with E-state index in [1.54, 1.807) is 24.3 Å². The number of benzene rings is 2. The van der Waals surface area contributed by atoms with Gasteiger partial charge in [0.05, 0.1) is 7.11 Å². The third-order valence-electron chi connectivity index (χ3n) is 4.85. The summed E-state index contributed by atoms with van der Waals surface area (Å²) < 4.78 is 11.2. The number of hydrogen-bond acceptors (Lipinski definition) is 4. The van der Waals surface area contributed by atoms with Crippen molar-refractivity contribution in [2.24, 2.45) is 0 Å². The van der Waals surface area contributed by atoms with E-state index >= 15 is 0 Å². The molecule has 29 heavy (non-hydrogen) atoms. The molecule has 1 aliphatic rings. The molecule has 6 nitrogen and oxygen atoms in total. The molecule has 2 aromatic rings. The summed E-state index contributed by atoms with van der Waals surface area (Å²) in [5, 5.41) is 3.42. The standard InChI is InChI=1S/C22H25ClN2O4/c1-28-20-14-16(22(27)24-11-10-21(26)25-12-4-5-13-25)8-9-19(20)29-15-17-6-2-3-7-18(17)23/h2-3,6-9,14H,4-5,10-13,15H2,1H3,(H,24,27). The van der Waals surface area contributed by atoms with Gasteiger partial charge in [0.2, 0.25) is 5.91 Å². The second-order valence-electron chi connectivity index (χ2n) is 6.84. The second-order valence-corrected chi connectivity index (χ2v) is 7.25. The van der Waals surface area contributed by atoms with E-state index in [-0.39, 0.29) is 11.8 Å². The van der Waals surface area contributed by atoms with Crippen molar-refractivity contribution < 1.29 is 19.1 Å². The Hall–Kier alpha value is -2.73. The predicted octanol–water partition coefficient (Wildman–Crippen LogP) is 3.67. The predicted molar refractivity (Wildman–Crippen MR) is 112 cm³/mol. The molecule has 1 aliphatic heterocycles. The number of nitrogens with one attached hydrogen (secondary N) is 1. The summed E-state index contributed by atoms with van der Waals surface area (Å²) >= 11 is 6.15. The number of carbonyl (C=O) groups is 2. The van der Waals surface area contributed by atoms with Crippen molar-refractivity contribution in [3.05, 3.63) is 58.6 Å². The molecule has 154 valence electrons. The Morgan fingerprint density at radius 1 is 1.10 bits per heavy atom. The molecule has 2 amide bonds. The first-order chi connectivity index (χ1) is 14.1. The lowest BCUT2D eigenvalue weighted by atomic mass is 10.2. The number of amides is 2. The van der Waals surface area contributed by atoms with Gasteiger partial charge in [-0.3, -0.25) is 9.59 Å². The Kier molecular flexibility index (Phi) is 7.36. The SMILES string of the molecule is COc1cc(C(=O)NCCC(=O)N2CCCC2)ccc1OCc1ccccc1Cl. The molecule has 1 saturated heterocycles. The Labute approximate surface area is 175 Å². The molecule has 0 aromatic heterocycles. The fourth-order valence-electron chi connectivity index (χ4n) is 3.21. The van der Waals surface area contributed by atoms with Gasteiger partial charge < -0.3 is 19.7 Å². The van der Waals surface area contributed by atoms with Gasteiger partial charge in [-0.15, -0.1) is 0 Å². The molecule has 0 bridgehead atoms. The lowest BCUT2D eigenvalue weighted by Gasteiger charge is -2.15. The summed E-state index contributed by atoms with van der Waals surface area (Å²) in [4.78, 5) is 26.3. The van der Waals surface area contributed by atoms with Crippen molar-refractivity contribution in [1.29, 1.82) is 0 Å². The number of methoxy groups -OCH3 is 1. The van der Waals surface area contributed by atoms with E-state index in [4.69, 9.17) is 21.1 Å². The zero-order valence-electron chi connectivity index (χ0n) is 16.4. The zero-order valence-corrected chi connectivity index (χ0v) is 17.2. The minimum Gasteiger partial charge on any atom is -0.493 e. The molecule has 2 aromatic carbocycles. The molecule has 1 fully saturated rings. The van der Waals surface area contributed by atoms with Crippen LogP contribution in [-0.4, -0.2) is 43.5 Å². The van der Waals surface area contributed by atoms with Gasteiger partial charge in [0.25, 0.3) is 5.91 Å². The molecule has 7 heteroatoms. The highest BCUT2D eigenvalue weighted by molar-refractivity contribution is 6.31. The summed E-state index contributed by atoms with van der Waals surface area (Å²) in [6.45, 7) is 2.24. The third kappa shape index (κ3) is 5.64. The van der Waals surface area contributed by atoms with Crippen LogP contribution in [0, 0.1) is 0 Å². The average molecular weight is 417 g/mol. The van der Waals surface area contributed by atoms with E-state index in [0.29, 0.717) is 41.7 Å². The molecule has 3 rings (SSSR count). The molecule has 1 N–H and O–H groups in total. The topological polar surface area (TPSA) is 67.9 Å². The number of halogens is 1. The molecule has 0 atom stereocenters. The fraction of sp³-hybridized carbons (Fsp3) is 0.364. The van der Waals surface area contributed by atoms with Crippen LogP contribution in [0.15, 0.2) is 42.5 Å². The third-order valence-corrected chi connectivity index (χ3v) is 5.22. The molecular formula is C22H25ClN2O4.